The fraction of sp³-hybridized carbons (Fsp3) is 0.118. The second kappa shape index (κ2) is 7.10. The number of amides is 1. The Hall–Kier alpha value is -3.26. The molecule has 128 valence electrons. The van der Waals surface area contributed by atoms with Gasteiger partial charge in [-0.15, -0.1) is 0 Å². The van der Waals surface area contributed by atoms with E-state index in [1.165, 1.54) is 0 Å². The zero-order valence-electron chi connectivity index (χ0n) is 13.3. The summed E-state index contributed by atoms with van der Waals surface area (Å²) in [6.45, 7) is 0.657. The molecule has 1 amide bonds. The Kier molecular flexibility index (Phi) is 4.71. The van der Waals surface area contributed by atoms with Gasteiger partial charge < -0.3 is 22.1 Å². The normalized spacial score (nSPS) is 10.6. The van der Waals surface area contributed by atoms with E-state index < -0.39 is 11.7 Å². The van der Waals surface area contributed by atoms with Crippen LogP contribution in [0.2, 0.25) is 0 Å². The first-order chi connectivity index (χ1) is 12.1. The molecular weight excluding hydrogens is 323 g/mol. The molecule has 0 bridgehead atoms. The van der Waals surface area contributed by atoms with Gasteiger partial charge in [0.25, 0.3) is 5.91 Å². The third-order valence-electron chi connectivity index (χ3n) is 3.60. The van der Waals surface area contributed by atoms with Crippen molar-refractivity contribution in [3.63, 3.8) is 0 Å². The van der Waals surface area contributed by atoms with Gasteiger partial charge in [0, 0.05) is 30.1 Å². The Morgan fingerprint density at radius 1 is 1.20 bits per heavy atom. The van der Waals surface area contributed by atoms with Crippen molar-refractivity contribution in [2.75, 3.05) is 23.7 Å². The Bertz CT molecular complexity index is 925. The molecule has 25 heavy (non-hydrogen) atoms. The number of benzene rings is 1. The van der Waals surface area contributed by atoms with E-state index in [9.17, 15) is 9.18 Å². The maximum Gasteiger partial charge on any atom is 0.252 e. The number of primary amides is 1. The average Bonchev–Trinajstić information content (AvgIpc) is 2.62. The molecule has 0 aliphatic carbocycles. The van der Waals surface area contributed by atoms with Crippen molar-refractivity contribution in [2.45, 2.75) is 0 Å². The van der Waals surface area contributed by atoms with Crippen molar-refractivity contribution in [3.8, 4) is 0 Å². The SMILES string of the molecule is NCCNc1nc(Nc2cncc3ccccc23)c(C(N)=O)cc1F. The van der Waals surface area contributed by atoms with Gasteiger partial charge in [-0.3, -0.25) is 9.78 Å². The maximum absolute atomic E-state index is 14.1. The van der Waals surface area contributed by atoms with Crippen LogP contribution in [0.15, 0.2) is 42.7 Å². The number of aromatic nitrogens is 2. The number of carbonyl (C=O) groups excluding carboxylic acids is 1. The van der Waals surface area contributed by atoms with E-state index in [0.717, 1.165) is 16.8 Å². The first-order valence-electron chi connectivity index (χ1n) is 7.64. The number of fused-ring (bicyclic) bond motifs is 1. The Balaban J connectivity index is 2.06. The molecule has 1 aromatic carbocycles. The number of rotatable bonds is 6. The van der Waals surface area contributed by atoms with Gasteiger partial charge >= 0.3 is 0 Å². The predicted octanol–water partition coefficient (Wildman–Crippen LogP) is 1.98. The monoisotopic (exact) mass is 340 g/mol. The lowest BCUT2D eigenvalue weighted by Gasteiger charge is -2.14. The zero-order chi connectivity index (χ0) is 17.8. The standard InChI is InChI=1S/C17H17FN6O/c18-13-7-12(15(20)25)16(24-17(13)22-6-5-19)23-14-9-21-8-10-3-1-2-4-11(10)14/h1-4,7-9H,5-6,19H2,(H2,20,25)(H2,22,23,24). The van der Waals surface area contributed by atoms with Gasteiger partial charge in [0.05, 0.1) is 17.4 Å². The molecule has 0 aliphatic rings. The molecule has 0 aliphatic heterocycles. The van der Waals surface area contributed by atoms with E-state index in [0.29, 0.717) is 18.8 Å². The van der Waals surface area contributed by atoms with Gasteiger partial charge in [-0.2, -0.15) is 0 Å². The molecule has 3 rings (SSSR count). The topological polar surface area (TPSA) is 119 Å². The van der Waals surface area contributed by atoms with Crippen molar-refractivity contribution in [3.05, 3.63) is 54.1 Å². The number of hydrogen-bond acceptors (Lipinski definition) is 6. The lowest BCUT2D eigenvalue weighted by atomic mass is 10.1. The van der Waals surface area contributed by atoms with Crippen molar-refractivity contribution in [1.82, 2.24) is 9.97 Å². The highest BCUT2D eigenvalue weighted by molar-refractivity contribution is 6.00. The Morgan fingerprint density at radius 2 is 2.00 bits per heavy atom. The fourth-order valence-corrected chi connectivity index (χ4v) is 2.43. The second-order valence-corrected chi connectivity index (χ2v) is 5.33. The third kappa shape index (κ3) is 3.48. The highest BCUT2D eigenvalue weighted by Crippen LogP contribution is 2.27. The van der Waals surface area contributed by atoms with E-state index in [2.05, 4.69) is 20.6 Å². The third-order valence-corrected chi connectivity index (χ3v) is 3.60. The number of anilines is 3. The summed E-state index contributed by atoms with van der Waals surface area (Å²) < 4.78 is 14.1. The second-order valence-electron chi connectivity index (χ2n) is 5.33. The van der Waals surface area contributed by atoms with Gasteiger partial charge in [-0.25, -0.2) is 9.37 Å². The van der Waals surface area contributed by atoms with E-state index in [-0.39, 0.29) is 17.2 Å². The number of hydrogen-bond donors (Lipinski definition) is 4. The number of nitrogens with two attached hydrogens (primary N) is 2. The summed E-state index contributed by atoms with van der Waals surface area (Å²) in [7, 11) is 0. The smallest absolute Gasteiger partial charge is 0.252 e. The summed E-state index contributed by atoms with van der Waals surface area (Å²) in [5.41, 5.74) is 11.4. The van der Waals surface area contributed by atoms with Gasteiger partial charge in [-0.1, -0.05) is 24.3 Å². The largest absolute Gasteiger partial charge is 0.366 e. The summed E-state index contributed by atoms with van der Waals surface area (Å²) in [5.74, 6) is -1.32. The van der Waals surface area contributed by atoms with Crippen LogP contribution in [0, 0.1) is 5.82 Å². The molecule has 0 unspecified atom stereocenters. The lowest BCUT2D eigenvalue weighted by molar-refractivity contribution is 0.100. The van der Waals surface area contributed by atoms with Crippen LogP contribution in [-0.4, -0.2) is 29.0 Å². The Morgan fingerprint density at radius 3 is 2.76 bits per heavy atom. The fourth-order valence-electron chi connectivity index (χ4n) is 2.43. The highest BCUT2D eigenvalue weighted by Gasteiger charge is 2.16. The molecule has 0 saturated heterocycles. The van der Waals surface area contributed by atoms with Gasteiger partial charge in [-0.05, 0) is 6.07 Å². The molecule has 7 nitrogen and oxygen atoms in total. The number of carbonyl (C=O) groups is 1. The van der Waals surface area contributed by atoms with Crippen LogP contribution in [-0.2, 0) is 0 Å². The van der Waals surface area contributed by atoms with Crippen LogP contribution >= 0.6 is 0 Å². The molecule has 0 spiro atoms. The highest BCUT2D eigenvalue weighted by atomic mass is 19.1. The molecule has 2 aromatic heterocycles. The molecule has 3 aromatic rings. The van der Waals surface area contributed by atoms with Gasteiger partial charge in [0.15, 0.2) is 11.6 Å². The molecule has 8 heteroatoms. The zero-order valence-corrected chi connectivity index (χ0v) is 13.3. The molecule has 0 fully saturated rings. The quantitative estimate of drug-likeness (QED) is 0.545. The summed E-state index contributed by atoms with van der Waals surface area (Å²) in [6.07, 6.45) is 3.33. The number of pyridine rings is 2. The number of nitrogens with zero attached hydrogens (tertiary/aromatic N) is 2. The van der Waals surface area contributed by atoms with Crippen LogP contribution in [0.3, 0.4) is 0 Å². The minimum Gasteiger partial charge on any atom is -0.366 e. The molecule has 2 heterocycles. The molecule has 0 saturated carbocycles. The first kappa shape index (κ1) is 16.6. The van der Waals surface area contributed by atoms with Crippen LogP contribution in [0.25, 0.3) is 10.8 Å². The number of halogens is 1. The minimum atomic E-state index is -0.785. The maximum atomic E-state index is 14.1. The van der Waals surface area contributed by atoms with Crippen molar-refractivity contribution < 1.29 is 9.18 Å². The summed E-state index contributed by atoms with van der Waals surface area (Å²) >= 11 is 0. The Labute approximate surface area is 143 Å². The summed E-state index contributed by atoms with van der Waals surface area (Å²) in [4.78, 5) is 20.0. The molecule has 0 atom stereocenters. The summed E-state index contributed by atoms with van der Waals surface area (Å²) in [5, 5.41) is 7.60. The van der Waals surface area contributed by atoms with E-state index in [1.54, 1.807) is 12.4 Å². The minimum absolute atomic E-state index is 0.00820. The first-order valence-corrected chi connectivity index (χ1v) is 7.64. The van der Waals surface area contributed by atoms with E-state index in [1.807, 2.05) is 24.3 Å². The van der Waals surface area contributed by atoms with Gasteiger partial charge in [0.2, 0.25) is 0 Å². The van der Waals surface area contributed by atoms with E-state index >= 15 is 0 Å². The number of nitrogens with one attached hydrogen (secondary N) is 2. The molecule has 6 N–H and O–H groups in total. The van der Waals surface area contributed by atoms with Crippen LogP contribution in [0.1, 0.15) is 10.4 Å². The molecular formula is C17H17FN6O. The van der Waals surface area contributed by atoms with Gasteiger partial charge in [0.1, 0.15) is 5.82 Å². The van der Waals surface area contributed by atoms with Crippen molar-refractivity contribution >= 4 is 34.0 Å². The van der Waals surface area contributed by atoms with E-state index in [4.69, 9.17) is 11.5 Å². The van der Waals surface area contributed by atoms with Crippen LogP contribution in [0.4, 0.5) is 21.7 Å². The van der Waals surface area contributed by atoms with Crippen LogP contribution < -0.4 is 22.1 Å². The van der Waals surface area contributed by atoms with Crippen molar-refractivity contribution in [2.24, 2.45) is 11.5 Å². The predicted molar refractivity (Wildman–Crippen MR) is 95.3 cm³/mol. The summed E-state index contributed by atoms with van der Waals surface area (Å²) in [6, 6.07) is 8.65. The molecule has 0 radical (unpaired) electrons. The average molecular weight is 340 g/mol. The lowest BCUT2D eigenvalue weighted by Crippen LogP contribution is -2.18. The van der Waals surface area contributed by atoms with Crippen molar-refractivity contribution in [1.29, 1.82) is 0 Å². The van der Waals surface area contributed by atoms with Crippen LogP contribution in [0.5, 0.6) is 0 Å².